The van der Waals surface area contributed by atoms with Gasteiger partial charge in [-0.05, 0) is 25.3 Å². The zero-order chi connectivity index (χ0) is 17.9. The van der Waals surface area contributed by atoms with Gasteiger partial charge in [0.2, 0.25) is 0 Å². The number of aliphatic imine (C=N–C) groups is 1. The molecule has 0 heterocycles. The summed E-state index contributed by atoms with van der Waals surface area (Å²) in [6.07, 6.45) is 2.49. The maximum absolute atomic E-state index is 11.3. The summed E-state index contributed by atoms with van der Waals surface area (Å²) in [6.45, 7) is 0. The third kappa shape index (κ3) is 4.32. The molecule has 0 spiro atoms. The summed E-state index contributed by atoms with van der Waals surface area (Å²) in [5.74, 6) is -1.30. The average Bonchev–Trinajstić information content (AvgIpc) is 2.51. The molecular weight excluding hydrogens is 342 g/mol. The monoisotopic (exact) mass is 357 g/mol. The number of rotatable bonds is 5. The van der Waals surface area contributed by atoms with Gasteiger partial charge >= 0.3 is 0 Å². The van der Waals surface area contributed by atoms with Crippen LogP contribution in [0.4, 0.5) is 11.4 Å². The minimum atomic E-state index is -4.28. The number of nitro benzene ring substituents is 2. The number of nitro groups is 2. The van der Waals surface area contributed by atoms with E-state index in [1.54, 1.807) is 0 Å². The fourth-order valence-electron chi connectivity index (χ4n) is 2.78. The molecule has 1 unspecified atom stereocenters. The first-order valence-electron chi connectivity index (χ1n) is 7.10. The third-order valence-electron chi connectivity index (χ3n) is 3.81. The van der Waals surface area contributed by atoms with Gasteiger partial charge in [-0.1, -0.05) is 6.42 Å². The van der Waals surface area contributed by atoms with E-state index in [1.165, 1.54) is 12.1 Å². The number of non-ortho nitro benzene ring substituents is 1. The molecule has 1 aromatic rings. The Balaban J connectivity index is 2.47. The molecule has 1 N–H and O–H groups in total. The molecule has 1 aliphatic carbocycles. The Bertz CT molecular complexity index is 804. The maximum Gasteiger partial charge on any atom is 0.285 e. The van der Waals surface area contributed by atoms with Crippen LogP contribution < -0.4 is 0 Å². The summed E-state index contributed by atoms with van der Waals surface area (Å²) in [5.41, 5.74) is -0.0800. The topological polar surface area (TPSA) is 153 Å². The van der Waals surface area contributed by atoms with Crippen molar-refractivity contribution in [3.8, 4) is 0 Å². The zero-order valence-electron chi connectivity index (χ0n) is 12.5. The highest BCUT2D eigenvalue weighted by Crippen LogP contribution is 2.37. The summed E-state index contributed by atoms with van der Waals surface area (Å²) in [4.78, 5) is 24.6. The summed E-state index contributed by atoms with van der Waals surface area (Å²) in [7, 11) is -4.28. The molecule has 0 aromatic heterocycles. The zero-order valence-corrected chi connectivity index (χ0v) is 13.3. The first-order chi connectivity index (χ1) is 11.2. The van der Waals surface area contributed by atoms with Crippen molar-refractivity contribution < 1.29 is 22.8 Å². The lowest BCUT2D eigenvalue weighted by Crippen LogP contribution is -2.20. The lowest BCUT2D eigenvalue weighted by atomic mass is 9.81. The molecule has 0 amide bonds. The molecule has 2 rings (SSSR count). The highest BCUT2D eigenvalue weighted by Gasteiger charge is 2.30. The molecule has 0 aliphatic heterocycles. The number of hydrogen-bond acceptors (Lipinski definition) is 7. The van der Waals surface area contributed by atoms with Gasteiger partial charge in [-0.2, -0.15) is 8.42 Å². The van der Waals surface area contributed by atoms with Crippen molar-refractivity contribution in [2.45, 2.75) is 31.6 Å². The molecule has 24 heavy (non-hydrogen) atoms. The highest BCUT2D eigenvalue weighted by molar-refractivity contribution is 7.85. The molecular formula is C13H15N3O7S. The lowest BCUT2D eigenvalue weighted by molar-refractivity contribution is -0.394. The number of hydrogen-bond donors (Lipinski definition) is 1. The largest absolute Gasteiger partial charge is 0.285 e. The van der Waals surface area contributed by atoms with E-state index in [1.807, 2.05) is 0 Å². The van der Waals surface area contributed by atoms with Crippen LogP contribution in [0.2, 0.25) is 0 Å². The Morgan fingerprint density at radius 1 is 1.21 bits per heavy atom. The smallest absolute Gasteiger partial charge is 0.284 e. The minimum Gasteiger partial charge on any atom is -0.284 e. The van der Waals surface area contributed by atoms with Crippen LogP contribution in [0, 0.1) is 20.2 Å². The summed E-state index contributed by atoms with van der Waals surface area (Å²) >= 11 is 0. The normalized spacial score (nSPS) is 20.0. The summed E-state index contributed by atoms with van der Waals surface area (Å²) in [5, 5.41) is 22.1. The Labute approximate surface area is 137 Å². The van der Waals surface area contributed by atoms with E-state index in [2.05, 4.69) is 4.99 Å². The van der Waals surface area contributed by atoms with Crippen molar-refractivity contribution >= 4 is 27.2 Å². The molecule has 130 valence electrons. The van der Waals surface area contributed by atoms with E-state index in [-0.39, 0.29) is 5.56 Å². The van der Waals surface area contributed by atoms with E-state index >= 15 is 0 Å². The first kappa shape index (κ1) is 17.9. The second-order valence-electron chi connectivity index (χ2n) is 5.42. The van der Waals surface area contributed by atoms with E-state index in [4.69, 9.17) is 4.55 Å². The standard InChI is InChI=1S/C13H15N3O7S/c17-15(18)9-5-6-11(13(7-9)16(19)20)10-3-1-2-4-12(10)14-8-24(21,22)23/h5-7,10H,1-4,8H2,(H,21,22,23)/b14-12+. The SMILES string of the molecule is O=[N+]([O-])c1ccc(C2CCCC/C2=N\CS(=O)(=O)O)c([N+](=O)[O-])c1. The Morgan fingerprint density at radius 2 is 1.92 bits per heavy atom. The van der Waals surface area contributed by atoms with Crippen LogP contribution in [0.5, 0.6) is 0 Å². The Morgan fingerprint density at radius 3 is 2.50 bits per heavy atom. The summed E-state index contributed by atoms with van der Waals surface area (Å²) < 4.78 is 30.6. The minimum absolute atomic E-state index is 0.263. The van der Waals surface area contributed by atoms with Gasteiger partial charge in [0.25, 0.3) is 21.5 Å². The predicted octanol–water partition coefficient (Wildman–Crippen LogP) is 2.45. The van der Waals surface area contributed by atoms with Crippen molar-refractivity contribution in [1.82, 2.24) is 0 Å². The van der Waals surface area contributed by atoms with Gasteiger partial charge in [-0.25, -0.2) is 0 Å². The number of benzene rings is 1. The van der Waals surface area contributed by atoms with E-state index < -0.39 is 43.1 Å². The fraction of sp³-hybridized carbons (Fsp3) is 0.462. The molecule has 0 bridgehead atoms. The predicted molar refractivity (Wildman–Crippen MR) is 84.8 cm³/mol. The second-order valence-corrected chi connectivity index (χ2v) is 6.84. The van der Waals surface area contributed by atoms with Crippen LogP contribution >= 0.6 is 0 Å². The molecule has 1 aliphatic rings. The van der Waals surface area contributed by atoms with E-state index in [9.17, 15) is 28.6 Å². The molecule has 1 fully saturated rings. The van der Waals surface area contributed by atoms with Crippen molar-refractivity contribution in [1.29, 1.82) is 0 Å². The van der Waals surface area contributed by atoms with Crippen molar-refractivity contribution in [3.05, 3.63) is 44.0 Å². The molecule has 1 saturated carbocycles. The maximum atomic E-state index is 11.3. The van der Waals surface area contributed by atoms with Crippen LogP contribution in [0.25, 0.3) is 0 Å². The molecule has 11 heteroatoms. The fourth-order valence-corrected chi connectivity index (χ4v) is 3.11. The van der Waals surface area contributed by atoms with Gasteiger partial charge in [0.15, 0.2) is 5.88 Å². The van der Waals surface area contributed by atoms with Gasteiger partial charge in [0, 0.05) is 23.3 Å². The van der Waals surface area contributed by atoms with Crippen LogP contribution in [-0.2, 0) is 10.1 Å². The highest BCUT2D eigenvalue weighted by atomic mass is 32.2. The van der Waals surface area contributed by atoms with Gasteiger partial charge in [0.1, 0.15) is 0 Å². The van der Waals surface area contributed by atoms with Crippen LogP contribution in [0.15, 0.2) is 23.2 Å². The van der Waals surface area contributed by atoms with Gasteiger partial charge in [0.05, 0.1) is 15.9 Å². The molecule has 1 aromatic carbocycles. The van der Waals surface area contributed by atoms with Crippen LogP contribution in [-0.4, -0.2) is 34.4 Å². The van der Waals surface area contributed by atoms with Crippen molar-refractivity contribution in [2.24, 2.45) is 4.99 Å². The van der Waals surface area contributed by atoms with Gasteiger partial charge < -0.3 is 0 Å². The summed E-state index contributed by atoms with van der Waals surface area (Å²) in [6, 6.07) is 3.39. The van der Waals surface area contributed by atoms with E-state index in [0.717, 1.165) is 18.9 Å². The molecule has 0 saturated heterocycles. The first-order valence-corrected chi connectivity index (χ1v) is 8.71. The van der Waals surface area contributed by atoms with Gasteiger partial charge in [-0.15, -0.1) is 0 Å². The molecule has 1 atom stereocenters. The lowest BCUT2D eigenvalue weighted by Gasteiger charge is -2.24. The Hall–Kier alpha value is -2.40. The average molecular weight is 357 g/mol. The third-order valence-corrected chi connectivity index (χ3v) is 4.26. The second kappa shape index (κ2) is 7.01. The Kier molecular flexibility index (Phi) is 5.24. The van der Waals surface area contributed by atoms with Crippen molar-refractivity contribution in [2.75, 3.05) is 5.88 Å². The molecule has 0 radical (unpaired) electrons. The quantitative estimate of drug-likeness (QED) is 0.482. The van der Waals surface area contributed by atoms with E-state index in [0.29, 0.717) is 18.6 Å². The van der Waals surface area contributed by atoms with Crippen LogP contribution in [0.1, 0.15) is 37.2 Å². The van der Waals surface area contributed by atoms with Crippen molar-refractivity contribution in [3.63, 3.8) is 0 Å². The molecule has 10 nitrogen and oxygen atoms in total. The number of nitrogens with zero attached hydrogens (tertiary/aromatic N) is 3. The van der Waals surface area contributed by atoms with Crippen LogP contribution in [0.3, 0.4) is 0 Å². The van der Waals surface area contributed by atoms with Gasteiger partial charge in [-0.3, -0.25) is 29.8 Å².